The molecule has 0 aromatic carbocycles. The zero-order chi connectivity index (χ0) is 12.9. The zero-order valence-corrected chi connectivity index (χ0v) is 16.2. The second-order valence-electron chi connectivity index (χ2n) is 2.74. The van der Waals surface area contributed by atoms with E-state index in [9.17, 15) is 19.2 Å². The number of esters is 2. The summed E-state index contributed by atoms with van der Waals surface area (Å²) in [5.41, 5.74) is 0. The van der Waals surface area contributed by atoms with E-state index >= 15 is 0 Å². The van der Waals surface area contributed by atoms with Gasteiger partial charge in [-0.05, 0) is 0 Å². The second-order valence-corrected chi connectivity index (χ2v) is 2.74. The predicted octanol–water partition coefficient (Wildman–Crippen LogP) is -6.76. The topological polar surface area (TPSA) is 127 Å². The second kappa shape index (κ2) is 22.1. The van der Waals surface area contributed by atoms with Gasteiger partial charge in [-0.15, -0.1) is 0 Å². The van der Waals surface area contributed by atoms with Gasteiger partial charge in [-0.2, -0.15) is 0 Å². The number of aliphatic carboxylic acids is 2. The van der Waals surface area contributed by atoms with Crippen molar-refractivity contribution in [1.82, 2.24) is 0 Å². The number of hydrogen-bond acceptors (Lipinski definition) is 6. The van der Waals surface area contributed by atoms with Crippen LogP contribution < -0.4 is 37.7 Å². The summed E-state index contributed by atoms with van der Waals surface area (Å²) in [7, 11) is 0. The molecule has 0 saturated heterocycles. The molecular formula is C8H12Li2Mn2Ni2O8. The summed E-state index contributed by atoms with van der Waals surface area (Å²) in [6.07, 6.45) is -4.14. The maximum atomic E-state index is 10.6. The molecule has 128 valence electrons. The molecule has 0 aromatic rings. The third-order valence-corrected chi connectivity index (χ3v) is 1.35. The molecular weight excluding hydrogens is 465 g/mol. The Kier molecular flexibility index (Phi) is 43.7. The number of carboxylic acids is 2. The van der Waals surface area contributed by atoms with Crippen molar-refractivity contribution < 1.29 is 147 Å². The van der Waals surface area contributed by atoms with Crippen molar-refractivity contribution in [2.45, 2.75) is 26.1 Å². The normalized spacial score (nSPS) is 9.73. The van der Waals surface area contributed by atoms with Gasteiger partial charge in [0.2, 0.25) is 12.2 Å². The van der Waals surface area contributed by atoms with Crippen molar-refractivity contribution in [1.29, 1.82) is 0 Å². The van der Waals surface area contributed by atoms with Crippen molar-refractivity contribution in [3.8, 4) is 0 Å². The van der Waals surface area contributed by atoms with E-state index in [2.05, 4.69) is 9.47 Å². The number of carbonyl (C=O) groups is 4. The van der Waals surface area contributed by atoms with Gasteiger partial charge in [-0.3, -0.25) is 9.59 Å². The molecule has 2 unspecified atom stereocenters. The van der Waals surface area contributed by atoms with Crippen molar-refractivity contribution in [2.75, 3.05) is 0 Å². The molecule has 0 heterocycles. The zero-order valence-electron chi connectivity index (χ0n) is 13.9. The van der Waals surface area contributed by atoms with Crippen LogP contribution in [0.5, 0.6) is 0 Å². The Labute approximate surface area is 195 Å². The Morgan fingerprint density at radius 2 is 0.955 bits per heavy atom. The smallest absolute Gasteiger partial charge is 1.00 e. The fourth-order valence-corrected chi connectivity index (χ4v) is 0.841. The molecule has 2 atom stereocenters. The van der Waals surface area contributed by atoms with E-state index in [-0.39, 0.29) is 108 Å². The summed E-state index contributed by atoms with van der Waals surface area (Å²) < 4.78 is 8.48. The van der Waals surface area contributed by atoms with E-state index in [1.807, 2.05) is 0 Å². The number of ether oxygens (including phenoxy) is 2. The molecule has 0 amide bonds. The average Bonchev–Trinajstić information content (AvgIpc) is 2.09. The molecule has 0 aromatic heterocycles. The maximum absolute atomic E-state index is 10.6. The van der Waals surface area contributed by atoms with Gasteiger partial charge >= 0.3 is 61.6 Å². The quantitative estimate of drug-likeness (QED) is 0.296. The van der Waals surface area contributed by atoms with Crippen LogP contribution in [-0.2, 0) is 95.8 Å². The van der Waals surface area contributed by atoms with Crippen LogP contribution >= 0.6 is 0 Å². The molecule has 0 fully saturated rings. The van der Waals surface area contributed by atoms with Crippen LogP contribution in [0, 0.1) is 0 Å². The van der Waals surface area contributed by atoms with Crippen LogP contribution in [0.25, 0.3) is 0 Å². The minimum atomic E-state index is -2.07. The van der Waals surface area contributed by atoms with Gasteiger partial charge in [0.1, 0.15) is 0 Å². The van der Waals surface area contributed by atoms with E-state index in [1.54, 1.807) is 0 Å². The number of hydrogen-bond donors (Lipinski definition) is 2. The number of rotatable bonds is 5. The standard InChI is InChI=1S/C8H10O8.2Li.2Mn.2Ni.2H/c1-3(9)15-5(7(11)12)6(8(13)14)16-4(2)10;;;;;;;;/h5-6H,1-2H3,(H,11,12)(H,13,14);;;;;;;;/q;2*+1;;;;;2*-1. The molecule has 0 aliphatic heterocycles. The molecule has 0 saturated carbocycles. The SMILES string of the molecule is CC(=O)OC(C(=O)O)C(OC(C)=O)C(=O)O.[H-].[H-].[Li+].[Li+].[Mn].[Mn].[Ni].[Ni]. The third kappa shape index (κ3) is 19.1. The summed E-state index contributed by atoms with van der Waals surface area (Å²) in [6.45, 7) is 1.81. The largest absolute Gasteiger partial charge is 1.00 e. The van der Waals surface area contributed by atoms with Gasteiger partial charge in [0.25, 0.3) is 0 Å². The van der Waals surface area contributed by atoms with E-state index in [4.69, 9.17) is 10.2 Å². The Morgan fingerprint density at radius 1 is 0.773 bits per heavy atom. The fraction of sp³-hybridized carbons (Fsp3) is 0.500. The van der Waals surface area contributed by atoms with Gasteiger partial charge in [0.05, 0.1) is 0 Å². The van der Waals surface area contributed by atoms with Crippen LogP contribution in [0.15, 0.2) is 0 Å². The summed E-state index contributed by atoms with van der Waals surface area (Å²) >= 11 is 0. The van der Waals surface area contributed by atoms with Gasteiger partial charge in [-0.1, -0.05) is 0 Å². The monoisotopic (exact) mass is 476 g/mol. The van der Waals surface area contributed by atoms with Gasteiger partial charge in [-0.25, -0.2) is 9.59 Å². The molecule has 2 radical (unpaired) electrons. The minimum absolute atomic E-state index is 0. The van der Waals surface area contributed by atoms with Crippen molar-refractivity contribution in [3.63, 3.8) is 0 Å². The summed E-state index contributed by atoms with van der Waals surface area (Å²) in [5.74, 6) is -5.43. The van der Waals surface area contributed by atoms with Crippen LogP contribution in [-0.4, -0.2) is 46.3 Å². The first kappa shape index (κ1) is 43.5. The maximum Gasteiger partial charge on any atom is 1.00 e. The number of carbonyl (C=O) groups excluding carboxylic acids is 2. The first-order valence-corrected chi connectivity index (χ1v) is 4.05. The van der Waals surface area contributed by atoms with Crippen molar-refractivity contribution in [2.24, 2.45) is 0 Å². The average molecular weight is 477 g/mol. The van der Waals surface area contributed by atoms with E-state index in [1.165, 1.54) is 0 Å². The molecule has 0 aliphatic carbocycles. The van der Waals surface area contributed by atoms with Crippen LogP contribution in [0.1, 0.15) is 16.7 Å². The van der Waals surface area contributed by atoms with Gasteiger partial charge in [0.15, 0.2) is 0 Å². The Hall–Kier alpha value is 1.10. The molecule has 14 heteroatoms. The molecule has 0 rings (SSSR count). The molecule has 2 N–H and O–H groups in total. The number of carboxylic acid groups (broad SMARTS) is 2. The molecule has 0 spiro atoms. The molecule has 22 heavy (non-hydrogen) atoms. The summed E-state index contributed by atoms with van der Waals surface area (Å²) in [4.78, 5) is 42.4. The van der Waals surface area contributed by atoms with E-state index in [0.717, 1.165) is 13.8 Å². The summed E-state index contributed by atoms with van der Waals surface area (Å²) in [6, 6.07) is 0. The Balaban J connectivity index is -0.0000000402. The minimum Gasteiger partial charge on any atom is -1.00 e. The Morgan fingerprint density at radius 3 is 1.05 bits per heavy atom. The molecule has 0 bridgehead atoms. The molecule has 0 aliphatic rings. The predicted molar refractivity (Wildman–Crippen MR) is 48.6 cm³/mol. The van der Waals surface area contributed by atoms with Crippen molar-refractivity contribution >= 4 is 23.9 Å². The van der Waals surface area contributed by atoms with E-state index in [0.29, 0.717) is 0 Å². The van der Waals surface area contributed by atoms with Gasteiger partial charge in [0, 0.05) is 81.0 Å². The summed E-state index contributed by atoms with van der Waals surface area (Å²) in [5, 5.41) is 17.2. The van der Waals surface area contributed by atoms with Crippen LogP contribution in [0.4, 0.5) is 0 Å². The Bertz CT molecular complexity index is 326. The third-order valence-electron chi connectivity index (χ3n) is 1.35. The van der Waals surface area contributed by atoms with Crippen LogP contribution in [0.3, 0.4) is 0 Å². The first-order chi connectivity index (χ1) is 7.25. The van der Waals surface area contributed by atoms with Gasteiger partial charge < -0.3 is 22.5 Å². The first-order valence-electron chi connectivity index (χ1n) is 4.05. The fourth-order valence-electron chi connectivity index (χ4n) is 0.841. The molecule has 8 nitrogen and oxygen atoms in total. The van der Waals surface area contributed by atoms with Crippen LogP contribution in [0.2, 0.25) is 0 Å². The van der Waals surface area contributed by atoms with Crippen molar-refractivity contribution in [3.05, 3.63) is 0 Å². The van der Waals surface area contributed by atoms with E-state index < -0.39 is 36.1 Å².